The minimum atomic E-state index is -0.474. The molecule has 4 rings (SSSR count). The van der Waals surface area contributed by atoms with Gasteiger partial charge in [0.15, 0.2) is 0 Å². The van der Waals surface area contributed by atoms with Gasteiger partial charge in [-0.25, -0.2) is 4.79 Å². The predicted octanol–water partition coefficient (Wildman–Crippen LogP) is 5.76. The zero-order chi connectivity index (χ0) is 20.3. The van der Waals surface area contributed by atoms with Crippen LogP contribution in [0.2, 0.25) is 0 Å². The fourth-order valence-corrected chi connectivity index (χ4v) is 3.70. The third-order valence-corrected chi connectivity index (χ3v) is 5.47. The van der Waals surface area contributed by atoms with Crippen molar-refractivity contribution in [3.63, 3.8) is 0 Å². The molecule has 0 bridgehead atoms. The number of carbonyl (C=O) groups excluding carboxylic acids is 2. The molecule has 0 aliphatic heterocycles. The Morgan fingerprint density at radius 3 is 2.03 bits per heavy atom. The molecule has 3 aromatic rings. The summed E-state index contributed by atoms with van der Waals surface area (Å²) < 4.78 is 0.963. The summed E-state index contributed by atoms with van der Waals surface area (Å²) >= 11 is 3.48. The molecule has 0 radical (unpaired) electrons. The highest BCUT2D eigenvalue weighted by atomic mass is 79.9. The molecule has 3 N–H and O–H groups in total. The summed E-state index contributed by atoms with van der Waals surface area (Å²) in [7, 11) is 0. The number of benzene rings is 3. The number of hydrogen-bond donors (Lipinski definition) is 3. The van der Waals surface area contributed by atoms with E-state index in [0.29, 0.717) is 17.1 Å². The van der Waals surface area contributed by atoms with Crippen LogP contribution in [0, 0.1) is 0 Å². The van der Waals surface area contributed by atoms with Crippen molar-refractivity contribution in [3.8, 4) is 0 Å². The van der Waals surface area contributed by atoms with Crippen LogP contribution in [0.4, 0.5) is 21.9 Å². The molecule has 0 saturated heterocycles. The highest BCUT2D eigenvalue weighted by Gasteiger charge is 2.51. The van der Waals surface area contributed by atoms with Gasteiger partial charge in [-0.3, -0.25) is 4.79 Å². The van der Waals surface area contributed by atoms with E-state index in [4.69, 9.17) is 0 Å². The Kier molecular flexibility index (Phi) is 5.36. The molecule has 3 aromatic carbocycles. The molecule has 0 aromatic heterocycles. The van der Waals surface area contributed by atoms with Crippen molar-refractivity contribution in [2.45, 2.75) is 18.3 Å². The zero-order valence-electron chi connectivity index (χ0n) is 15.6. The summed E-state index contributed by atoms with van der Waals surface area (Å²) in [6.07, 6.45) is 1.65. The van der Waals surface area contributed by atoms with Crippen LogP contribution in [0.5, 0.6) is 0 Å². The summed E-state index contributed by atoms with van der Waals surface area (Å²) in [5.74, 6) is -0.0264. The van der Waals surface area contributed by atoms with E-state index in [2.05, 4.69) is 31.9 Å². The van der Waals surface area contributed by atoms with Crippen LogP contribution in [-0.2, 0) is 10.2 Å². The highest BCUT2D eigenvalue weighted by Crippen LogP contribution is 2.49. The molecule has 6 heteroatoms. The lowest BCUT2D eigenvalue weighted by atomic mass is 9.95. The topological polar surface area (TPSA) is 70.2 Å². The van der Waals surface area contributed by atoms with E-state index in [-0.39, 0.29) is 11.9 Å². The van der Waals surface area contributed by atoms with Crippen LogP contribution in [0.15, 0.2) is 83.3 Å². The Labute approximate surface area is 177 Å². The average molecular weight is 450 g/mol. The van der Waals surface area contributed by atoms with Crippen LogP contribution in [0.1, 0.15) is 18.4 Å². The summed E-state index contributed by atoms with van der Waals surface area (Å²) in [5, 5.41) is 8.56. The summed E-state index contributed by atoms with van der Waals surface area (Å²) in [5.41, 5.74) is 2.50. The zero-order valence-corrected chi connectivity index (χ0v) is 17.2. The number of halogens is 1. The third-order valence-electron chi connectivity index (χ3n) is 4.97. The van der Waals surface area contributed by atoms with Crippen LogP contribution < -0.4 is 16.0 Å². The molecule has 1 aliphatic carbocycles. The first-order valence-corrected chi connectivity index (χ1v) is 10.2. The Morgan fingerprint density at radius 2 is 1.34 bits per heavy atom. The van der Waals surface area contributed by atoms with Gasteiger partial charge in [0.05, 0.1) is 5.41 Å². The van der Waals surface area contributed by atoms with Gasteiger partial charge in [0.2, 0.25) is 5.91 Å². The minimum Gasteiger partial charge on any atom is -0.325 e. The molecule has 3 amide bonds. The molecule has 1 aliphatic rings. The van der Waals surface area contributed by atoms with Gasteiger partial charge in [-0.05, 0) is 60.9 Å². The molecule has 1 fully saturated rings. The van der Waals surface area contributed by atoms with Crippen molar-refractivity contribution in [2.75, 3.05) is 16.0 Å². The van der Waals surface area contributed by atoms with Crippen molar-refractivity contribution in [1.82, 2.24) is 0 Å². The predicted molar refractivity (Wildman–Crippen MR) is 119 cm³/mol. The van der Waals surface area contributed by atoms with Crippen LogP contribution in [0.3, 0.4) is 0 Å². The first-order chi connectivity index (χ1) is 14.0. The number of nitrogens with one attached hydrogen (secondary N) is 3. The maximum Gasteiger partial charge on any atom is 0.323 e. The van der Waals surface area contributed by atoms with E-state index in [0.717, 1.165) is 22.9 Å². The molecule has 0 atom stereocenters. The second kappa shape index (κ2) is 8.09. The van der Waals surface area contributed by atoms with Crippen molar-refractivity contribution in [2.24, 2.45) is 0 Å². The van der Waals surface area contributed by atoms with Gasteiger partial charge in [0.1, 0.15) is 0 Å². The number of urea groups is 1. The second-order valence-electron chi connectivity index (χ2n) is 7.07. The standard InChI is InChI=1S/C23H20BrN3O2/c24-17-7-4-6-16(14-17)23(12-13-23)21(28)25-19-10-5-11-20(15-19)27-22(29)26-18-8-2-1-3-9-18/h1-11,14-15H,12-13H2,(H,25,28)(H2,26,27,29). The number of anilines is 3. The Morgan fingerprint density at radius 1 is 0.724 bits per heavy atom. The number of carbonyl (C=O) groups is 2. The number of hydrogen-bond acceptors (Lipinski definition) is 2. The molecular weight excluding hydrogens is 430 g/mol. The number of amides is 3. The smallest absolute Gasteiger partial charge is 0.323 e. The van der Waals surface area contributed by atoms with Crippen LogP contribution in [-0.4, -0.2) is 11.9 Å². The first kappa shape index (κ1) is 19.2. The van der Waals surface area contributed by atoms with Gasteiger partial charge in [-0.15, -0.1) is 0 Å². The number of rotatable bonds is 5. The van der Waals surface area contributed by atoms with Crippen molar-refractivity contribution >= 4 is 44.9 Å². The maximum atomic E-state index is 13.0. The molecule has 29 heavy (non-hydrogen) atoms. The van der Waals surface area contributed by atoms with Gasteiger partial charge in [0.25, 0.3) is 0 Å². The van der Waals surface area contributed by atoms with E-state index >= 15 is 0 Å². The molecule has 0 unspecified atom stereocenters. The molecular formula is C23H20BrN3O2. The van der Waals surface area contributed by atoms with Crippen molar-refractivity contribution in [3.05, 3.63) is 88.9 Å². The van der Waals surface area contributed by atoms with Gasteiger partial charge >= 0.3 is 6.03 Å². The van der Waals surface area contributed by atoms with E-state index in [1.54, 1.807) is 18.2 Å². The van der Waals surface area contributed by atoms with E-state index < -0.39 is 5.41 Å². The molecule has 0 heterocycles. The fourth-order valence-electron chi connectivity index (χ4n) is 3.30. The minimum absolute atomic E-state index is 0.0264. The van der Waals surface area contributed by atoms with E-state index in [1.165, 1.54) is 0 Å². The maximum absolute atomic E-state index is 13.0. The van der Waals surface area contributed by atoms with Gasteiger partial charge in [-0.2, -0.15) is 0 Å². The molecule has 146 valence electrons. The summed E-state index contributed by atoms with van der Waals surface area (Å²) in [4.78, 5) is 25.1. The van der Waals surface area contributed by atoms with E-state index in [9.17, 15) is 9.59 Å². The Bertz CT molecular complexity index is 1050. The van der Waals surface area contributed by atoms with Gasteiger partial charge < -0.3 is 16.0 Å². The van der Waals surface area contributed by atoms with E-state index in [1.807, 2.05) is 60.7 Å². The molecule has 0 spiro atoms. The summed E-state index contributed by atoms with van der Waals surface area (Å²) in [6, 6.07) is 23.9. The Balaban J connectivity index is 1.42. The summed E-state index contributed by atoms with van der Waals surface area (Å²) in [6.45, 7) is 0. The first-order valence-electron chi connectivity index (χ1n) is 9.36. The van der Waals surface area contributed by atoms with Gasteiger partial charge in [-0.1, -0.05) is 52.3 Å². The monoisotopic (exact) mass is 449 g/mol. The lowest BCUT2D eigenvalue weighted by Gasteiger charge is -2.17. The lowest BCUT2D eigenvalue weighted by molar-refractivity contribution is -0.118. The van der Waals surface area contributed by atoms with Crippen LogP contribution in [0.25, 0.3) is 0 Å². The fraction of sp³-hybridized carbons (Fsp3) is 0.130. The lowest BCUT2D eigenvalue weighted by Crippen LogP contribution is -2.28. The quantitative estimate of drug-likeness (QED) is 0.462. The number of para-hydroxylation sites is 1. The molecule has 5 nitrogen and oxygen atoms in total. The van der Waals surface area contributed by atoms with Gasteiger partial charge in [0, 0.05) is 21.5 Å². The van der Waals surface area contributed by atoms with Crippen molar-refractivity contribution < 1.29 is 9.59 Å². The third kappa shape index (κ3) is 4.49. The Hall–Kier alpha value is -3.12. The second-order valence-corrected chi connectivity index (χ2v) is 7.99. The largest absolute Gasteiger partial charge is 0.325 e. The van der Waals surface area contributed by atoms with Crippen molar-refractivity contribution in [1.29, 1.82) is 0 Å². The highest BCUT2D eigenvalue weighted by molar-refractivity contribution is 9.10. The SMILES string of the molecule is O=C(Nc1ccccc1)Nc1cccc(NC(=O)C2(c3cccc(Br)c3)CC2)c1. The molecule has 1 saturated carbocycles. The average Bonchev–Trinajstić information content (AvgIpc) is 3.51. The normalized spacial score (nSPS) is 14.0. The van der Waals surface area contributed by atoms with Crippen LogP contribution >= 0.6 is 15.9 Å².